The van der Waals surface area contributed by atoms with Crippen LogP contribution >= 0.6 is 15.9 Å². The van der Waals surface area contributed by atoms with E-state index >= 15 is 0 Å². The van der Waals surface area contributed by atoms with Crippen LogP contribution < -0.4 is 10.1 Å². The second-order valence-corrected chi connectivity index (χ2v) is 7.04. The molecule has 0 aromatic heterocycles. The molecule has 3 rings (SSSR count). The largest absolute Gasteiger partial charge is 0.488 e. The molecular formula is C20H20BrNO4. The highest BCUT2D eigenvalue weighted by Gasteiger charge is 2.23. The van der Waals surface area contributed by atoms with E-state index in [9.17, 15) is 9.59 Å². The number of carbonyl (C=O) groups excluding carboxylic acids is 2. The molecule has 26 heavy (non-hydrogen) atoms. The lowest BCUT2D eigenvalue weighted by Crippen LogP contribution is -2.31. The van der Waals surface area contributed by atoms with Gasteiger partial charge in [-0.3, -0.25) is 9.59 Å². The molecule has 0 atom stereocenters. The summed E-state index contributed by atoms with van der Waals surface area (Å²) in [4.78, 5) is 24.1. The number of benzene rings is 2. The van der Waals surface area contributed by atoms with E-state index in [1.165, 1.54) is 0 Å². The van der Waals surface area contributed by atoms with Crippen molar-refractivity contribution in [3.8, 4) is 5.75 Å². The monoisotopic (exact) mass is 417 g/mol. The predicted molar refractivity (Wildman–Crippen MR) is 101 cm³/mol. The lowest BCUT2D eigenvalue weighted by molar-refractivity contribution is -0.142. The first-order valence-electron chi connectivity index (χ1n) is 8.52. The summed E-state index contributed by atoms with van der Waals surface area (Å²) in [5.74, 6) is 0.182. The van der Waals surface area contributed by atoms with Gasteiger partial charge in [0, 0.05) is 10.0 Å². The molecule has 2 aromatic carbocycles. The summed E-state index contributed by atoms with van der Waals surface area (Å²) < 4.78 is 11.9. The third-order valence-electron chi connectivity index (χ3n) is 4.04. The van der Waals surface area contributed by atoms with Crippen molar-refractivity contribution in [2.24, 2.45) is 5.92 Å². The van der Waals surface area contributed by atoms with E-state index < -0.39 is 5.97 Å². The third kappa shape index (κ3) is 5.33. The number of hydrogen-bond donors (Lipinski definition) is 1. The maximum Gasteiger partial charge on any atom is 0.325 e. The predicted octanol–water partition coefficient (Wildman–Crippen LogP) is 3.71. The van der Waals surface area contributed by atoms with E-state index in [0.29, 0.717) is 30.4 Å². The minimum atomic E-state index is -0.420. The highest BCUT2D eigenvalue weighted by Crippen LogP contribution is 2.28. The van der Waals surface area contributed by atoms with Crippen molar-refractivity contribution < 1.29 is 19.1 Å². The van der Waals surface area contributed by atoms with Crippen molar-refractivity contribution in [1.29, 1.82) is 0 Å². The van der Waals surface area contributed by atoms with Crippen molar-refractivity contribution in [2.75, 3.05) is 13.2 Å². The molecular weight excluding hydrogens is 398 g/mol. The lowest BCUT2D eigenvalue weighted by Gasteiger charge is -2.12. The molecule has 0 spiro atoms. The maximum absolute atomic E-state index is 12.4. The second-order valence-electron chi connectivity index (χ2n) is 6.19. The van der Waals surface area contributed by atoms with Gasteiger partial charge in [-0.2, -0.15) is 0 Å². The zero-order valence-corrected chi connectivity index (χ0v) is 15.8. The zero-order valence-electron chi connectivity index (χ0n) is 14.2. The van der Waals surface area contributed by atoms with Gasteiger partial charge in [-0.25, -0.2) is 0 Å². The van der Waals surface area contributed by atoms with Gasteiger partial charge in [0.15, 0.2) is 0 Å². The van der Waals surface area contributed by atoms with Gasteiger partial charge in [0.05, 0.1) is 12.2 Å². The Hall–Kier alpha value is -2.34. The Bertz CT molecular complexity index is 789. The van der Waals surface area contributed by atoms with E-state index in [1.807, 2.05) is 24.3 Å². The third-order valence-corrected chi connectivity index (χ3v) is 4.82. The quantitative estimate of drug-likeness (QED) is 0.664. The topological polar surface area (TPSA) is 64.6 Å². The molecule has 1 fully saturated rings. The Balaban J connectivity index is 1.56. The average Bonchev–Trinajstić information content (AvgIpc) is 3.48. The van der Waals surface area contributed by atoms with Crippen molar-refractivity contribution in [3.63, 3.8) is 0 Å². The molecule has 0 unspecified atom stereocenters. The minimum Gasteiger partial charge on any atom is -0.488 e. The number of halogens is 1. The fraction of sp³-hybridized carbons (Fsp3) is 0.300. The van der Waals surface area contributed by atoms with Gasteiger partial charge in [-0.05, 0) is 37.0 Å². The molecule has 0 saturated heterocycles. The number of rotatable bonds is 8. The van der Waals surface area contributed by atoms with Crippen LogP contribution in [0.3, 0.4) is 0 Å². The van der Waals surface area contributed by atoms with Gasteiger partial charge in [0.2, 0.25) is 0 Å². The van der Waals surface area contributed by atoms with Gasteiger partial charge < -0.3 is 14.8 Å². The summed E-state index contributed by atoms with van der Waals surface area (Å²) in [6, 6.07) is 14.7. The van der Waals surface area contributed by atoms with Crippen LogP contribution in [-0.2, 0) is 16.1 Å². The Labute approximate surface area is 160 Å². The lowest BCUT2D eigenvalue weighted by atomic mass is 10.2. The number of carbonyl (C=O) groups is 2. The van der Waals surface area contributed by atoms with Crippen LogP contribution in [0.4, 0.5) is 0 Å². The summed E-state index contributed by atoms with van der Waals surface area (Å²) in [6.07, 6.45) is 2.23. The van der Waals surface area contributed by atoms with Crippen LogP contribution in [0.2, 0.25) is 0 Å². The second kappa shape index (κ2) is 8.85. The number of esters is 1. The Morgan fingerprint density at radius 2 is 1.81 bits per heavy atom. The van der Waals surface area contributed by atoms with Crippen LogP contribution in [0, 0.1) is 5.92 Å². The first-order chi connectivity index (χ1) is 12.6. The number of amides is 1. The van der Waals surface area contributed by atoms with E-state index in [1.54, 1.807) is 24.3 Å². The SMILES string of the molecule is O=C(CNC(=O)c1ccccc1OCc1ccccc1Br)OCC1CC1. The van der Waals surface area contributed by atoms with E-state index in [2.05, 4.69) is 21.2 Å². The molecule has 0 bridgehead atoms. The molecule has 0 aliphatic heterocycles. The summed E-state index contributed by atoms with van der Waals surface area (Å²) in [6.45, 7) is 0.625. The van der Waals surface area contributed by atoms with Crippen molar-refractivity contribution in [3.05, 3.63) is 64.1 Å². The molecule has 1 saturated carbocycles. The van der Waals surface area contributed by atoms with Crippen LogP contribution in [0.25, 0.3) is 0 Å². The smallest absolute Gasteiger partial charge is 0.325 e. The van der Waals surface area contributed by atoms with E-state index in [0.717, 1.165) is 22.9 Å². The van der Waals surface area contributed by atoms with Crippen LogP contribution in [0.15, 0.2) is 53.0 Å². The maximum atomic E-state index is 12.4. The fourth-order valence-electron chi connectivity index (χ4n) is 2.35. The number of nitrogens with one attached hydrogen (secondary N) is 1. The molecule has 1 N–H and O–H groups in total. The molecule has 1 aliphatic rings. The molecule has 1 aliphatic carbocycles. The van der Waals surface area contributed by atoms with Gasteiger partial charge >= 0.3 is 5.97 Å². The molecule has 2 aromatic rings. The highest BCUT2D eigenvalue weighted by atomic mass is 79.9. The number of ether oxygens (including phenoxy) is 2. The first-order valence-corrected chi connectivity index (χ1v) is 9.32. The molecule has 1 amide bonds. The van der Waals surface area contributed by atoms with Crippen molar-refractivity contribution >= 4 is 27.8 Å². The van der Waals surface area contributed by atoms with Crippen LogP contribution in [0.5, 0.6) is 5.75 Å². The number of para-hydroxylation sites is 1. The summed E-state index contributed by atoms with van der Waals surface area (Å²) in [7, 11) is 0. The summed E-state index contributed by atoms with van der Waals surface area (Å²) >= 11 is 3.48. The Kier molecular flexibility index (Phi) is 6.28. The first kappa shape index (κ1) is 18.5. The van der Waals surface area contributed by atoms with Crippen LogP contribution in [0.1, 0.15) is 28.8 Å². The summed E-state index contributed by atoms with van der Waals surface area (Å²) in [5.41, 5.74) is 1.36. The molecule has 0 radical (unpaired) electrons. The summed E-state index contributed by atoms with van der Waals surface area (Å²) in [5, 5.41) is 2.59. The van der Waals surface area contributed by atoms with Crippen LogP contribution in [-0.4, -0.2) is 25.0 Å². The Morgan fingerprint density at radius 3 is 2.58 bits per heavy atom. The normalized spacial score (nSPS) is 13.1. The Morgan fingerprint density at radius 1 is 1.08 bits per heavy atom. The molecule has 0 heterocycles. The van der Waals surface area contributed by atoms with Crippen molar-refractivity contribution in [1.82, 2.24) is 5.32 Å². The zero-order chi connectivity index (χ0) is 18.4. The standard InChI is InChI=1S/C20H20BrNO4/c21-17-7-3-1-5-15(17)13-25-18-8-4-2-6-16(18)20(24)22-11-19(23)26-12-14-9-10-14/h1-8,14H,9-13H2,(H,22,24). The van der Waals surface area contributed by atoms with Gasteiger partial charge in [0.1, 0.15) is 18.9 Å². The average molecular weight is 418 g/mol. The molecule has 6 heteroatoms. The van der Waals surface area contributed by atoms with E-state index in [-0.39, 0.29) is 12.5 Å². The highest BCUT2D eigenvalue weighted by molar-refractivity contribution is 9.10. The van der Waals surface area contributed by atoms with Gasteiger partial charge in [-0.1, -0.05) is 46.3 Å². The fourth-order valence-corrected chi connectivity index (χ4v) is 2.74. The van der Waals surface area contributed by atoms with Gasteiger partial charge in [-0.15, -0.1) is 0 Å². The van der Waals surface area contributed by atoms with Gasteiger partial charge in [0.25, 0.3) is 5.91 Å². The molecule has 5 nitrogen and oxygen atoms in total. The van der Waals surface area contributed by atoms with E-state index in [4.69, 9.17) is 9.47 Å². The minimum absolute atomic E-state index is 0.149. The molecule has 136 valence electrons. The van der Waals surface area contributed by atoms with Crippen molar-refractivity contribution in [2.45, 2.75) is 19.4 Å². The number of hydrogen-bond acceptors (Lipinski definition) is 4.